The molecule has 1 unspecified atom stereocenters. The van der Waals surface area contributed by atoms with Gasteiger partial charge in [-0.2, -0.15) is 0 Å². The van der Waals surface area contributed by atoms with Crippen LogP contribution in [-0.4, -0.2) is 52.0 Å². The van der Waals surface area contributed by atoms with E-state index in [0.717, 1.165) is 54.5 Å². The second kappa shape index (κ2) is 10.6. The van der Waals surface area contributed by atoms with Crippen LogP contribution >= 0.6 is 0 Å². The van der Waals surface area contributed by atoms with Gasteiger partial charge < -0.3 is 20.7 Å². The number of carbonyl (C=O) groups is 2. The number of nitrogens with zero attached hydrogens (tertiary/aromatic N) is 1. The molecule has 33 heavy (non-hydrogen) atoms. The molecular formula is C26H32N4O3. The highest BCUT2D eigenvalue weighted by Crippen LogP contribution is 2.19. The smallest absolute Gasteiger partial charge is 0.243 e. The molecule has 174 valence electrons. The fourth-order valence-corrected chi connectivity index (χ4v) is 4.39. The van der Waals surface area contributed by atoms with Crippen LogP contribution in [0, 0.1) is 0 Å². The largest absolute Gasteiger partial charge is 0.393 e. The molecule has 0 spiro atoms. The summed E-state index contributed by atoms with van der Waals surface area (Å²) in [5.41, 5.74) is 4.23. The van der Waals surface area contributed by atoms with E-state index in [9.17, 15) is 14.7 Å². The zero-order valence-corrected chi connectivity index (χ0v) is 19.0. The fourth-order valence-electron chi connectivity index (χ4n) is 4.39. The molecule has 0 saturated carbocycles. The van der Waals surface area contributed by atoms with Crippen LogP contribution in [0.5, 0.6) is 0 Å². The van der Waals surface area contributed by atoms with Crippen molar-refractivity contribution in [1.82, 2.24) is 20.5 Å². The number of para-hydroxylation sites is 1. The quantitative estimate of drug-likeness (QED) is 0.426. The summed E-state index contributed by atoms with van der Waals surface area (Å²) in [5.74, 6) is -0.434. The molecule has 3 aromatic rings. The van der Waals surface area contributed by atoms with Crippen LogP contribution in [0.2, 0.25) is 0 Å². The molecule has 0 bridgehead atoms. The van der Waals surface area contributed by atoms with E-state index < -0.39 is 6.04 Å². The van der Waals surface area contributed by atoms with Crippen LogP contribution in [0.1, 0.15) is 36.5 Å². The SMILES string of the molecule is CC(=O)NC(Cc1c[nH]c2ccccc12)C(=O)NCc1ccc(CN2CCC(O)CC2)cc1. The van der Waals surface area contributed by atoms with Crippen LogP contribution in [-0.2, 0) is 29.1 Å². The van der Waals surface area contributed by atoms with Crippen LogP contribution in [0.15, 0.2) is 54.7 Å². The van der Waals surface area contributed by atoms with Gasteiger partial charge in [0.15, 0.2) is 0 Å². The van der Waals surface area contributed by atoms with Crippen molar-refractivity contribution in [3.8, 4) is 0 Å². The molecule has 1 atom stereocenters. The number of fused-ring (bicyclic) bond motifs is 1. The Bertz CT molecular complexity index is 1080. The molecule has 1 aliphatic rings. The highest BCUT2D eigenvalue weighted by molar-refractivity contribution is 5.89. The third-order valence-corrected chi connectivity index (χ3v) is 6.25. The number of carbonyl (C=O) groups excluding carboxylic acids is 2. The second-order valence-electron chi connectivity index (χ2n) is 8.86. The van der Waals surface area contributed by atoms with E-state index in [1.807, 2.05) is 42.6 Å². The predicted octanol–water partition coefficient (Wildman–Crippen LogP) is 2.49. The van der Waals surface area contributed by atoms with Crippen LogP contribution in [0.25, 0.3) is 10.9 Å². The molecule has 4 rings (SSSR count). The van der Waals surface area contributed by atoms with Gasteiger partial charge in [-0.15, -0.1) is 0 Å². The topological polar surface area (TPSA) is 97.5 Å². The number of aromatic nitrogens is 1. The monoisotopic (exact) mass is 448 g/mol. The molecule has 2 amide bonds. The van der Waals surface area contributed by atoms with Gasteiger partial charge in [-0.05, 0) is 35.6 Å². The molecule has 1 saturated heterocycles. The number of aromatic amines is 1. The lowest BCUT2D eigenvalue weighted by Crippen LogP contribution is -2.47. The minimum absolute atomic E-state index is 0.162. The number of piperidine rings is 1. The summed E-state index contributed by atoms with van der Waals surface area (Å²) in [7, 11) is 0. The molecule has 7 nitrogen and oxygen atoms in total. The van der Waals surface area contributed by atoms with Gasteiger partial charge in [0, 0.05) is 56.6 Å². The summed E-state index contributed by atoms with van der Waals surface area (Å²) in [4.78, 5) is 30.2. The van der Waals surface area contributed by atoms with Crippen molar-refractivity contribution in [2.45, 2.75) is 51.4 Å². The maximum absolute atomic E-state index is 12.9. The van der Waals surface area contributed by atoms with Crippen molar-refractivity contribution in [3.05, 3.63) is 71.4 Å². The maximum atomic E-state index is 12.9. The molecule has 1 aliphatic heterocycles. The van der Waals surface area contributed by atoms with Crippen molar-refractivity contribution in [2.24, 2.45) is 0 Å². The van der Waals surface area contributed by atoms with Crippen molar-refractivity contribution in [1.29, 1.82) is 0 Å². The second-order valence-corrected chi connectivity index (χ2v) is 8.86. The lowest BCUT2D eigenvalue weighted by atomic mass is 10.0. The lowest BCUT2D eigenvalue weighted by Gasteiger charge is -2.29. The Kier molecular flexibility index (Phi) is 7.42. The van der Waals surface area contributed by atoms with Crippen LogP contribution in [0.4, 0.5) is 0 Å². The molecule has 2 aromatic carbocycles. The van der Waals surface area contributed by atoms with Gasteiger partial charge in [0.05, 0.1) is 6.10 Å². The minimum atomic E-state index is -0.643. The van der Waals surface area contributed by atoms with E-state index in [-0.39, 0.29) is 17.9 Å². The van der Waals surface area contributed by atoms with Crippen molar-refractivity contribution < 1.29 is 14.7 Å². The van der Waals surface area contributed by atoms with Crippen molar-refractivity contribution in [2.75, 3.05) is 13.1 Å². The first-order valence-corrected chi connectivity index (χ1v) is 11.6. The molecule has 0 aliphatic carbocycles. The number of nitrogens with one attached hydrogen (secondary N) is 3. The third-order valence-electron chi connectivity index (χ3n) is 6.25. The average molecular weight is 449 g/mol. The zero-order chi connectivity index (χ0) is 23.2. The maximum Gasteiger partial charge on any atom is 0.243 e. The van der Waals surface area contributed by atoms with E-state index in [4.69, 9.17) is 0 Å². The Morgan fingerprint density at radius 3 is 2.52 bits per heavy atom. The number of aliphatic hydroxyl groups is 1. The van der Waals surface area contributed by atoms with Gasteiger partial charge in [-0.3, -0.25) is 14.5 Å². The fraction of sp³-hybridized carbons (Fsp3) is 0.385. The molecular weight excluding hydrogens is 416 g/mol. The van der Waals surface area contributed by atoms with Crippen LogP contribution in [0.3, 0.4) is 0 Å². The molecule has 4 N–H and O–H groups in total. The average Bonchev–Trinajstić information content (AvgIpc) is 3.22. The van der Waals surface area contributed by atoms with Crippen LogP contribution < -0.4 is 10.6 Å². The van der Waals surface area contributed by atoms with E-state index >= 15 is 0 Å². The Labute approximate surface area is 194 Å². The molecule has 1 fully saturated rings. The standard InChI is InChI=1S/C26H32N4O3/c1-18(31)29-25(14-21-16-27-24-5-3-2-4-23(21)24)26(33)28-15-19-6-8-20(9-7-19)17-30-12-10-22(32)11-13-30/h2-9,16,22,25,27,32H,10-15,17H2,1H3,(H,28,33)(H,29,31). The lowest BCUT2D eigenvalue weighted by molar-refractivity contribution is -0.128. The minimum Gasteiger partial charge on any atom is -0.393 e. The Balaban J connectivity index is 1.33. The molecule has 7 heteroatoms. The number of hydrogen-bond acceptors (Lipinski definition) is 4. The first-order valence-electron chi connectivity index (χ1n) is 11.6. The Morgan fingerprint density at radius 1 is 1.09 bits per heavy atom. The first kappa shape index (κ1) is 23.0. The third kappa shape index (κ3) is 6.21. The van der Waals surface area contributed by atoms with E-state index in [2.05, 4.69) is 32.7 Å². The van der Waals surface area contributed by atoms with Gasteiger partial charge in [0.25, 0.3) is 0 Å². The highest BCUT2D eigenvalue weighted by Gasteiger charge is 2.21. The van der Waals surface area contributed by atoms with E-state index in [1.54, 1.807) is 0 Å². The molecule has 0 radical (unpaired) electrons. The summed E-state index contributed by atoms with van der Waals surface area (Å²) in [6, 6.07) is 15.5. The van der Waals surface area contributed by atoms with Gasteiger partial charge in [0.2, 0.25) is 11.8 Å². The van der Waals surface area contributed by atoms with Crippen molar-refractivity contribution >= 4 is 22.7 Å². The number of H-pyrrole nitrogens is 1. The molecule has 1 aromatic heterocycles. The van der Waals surface area contributed by atoms with Gasteiger partial charge in [0.1, 0.15) is 6.04 Å². The molecule has 2 heterocycles. The van der Waals surface area contributed by atoms with E-state index in [0.29, 0.717) is 13.0 Å². The number of rotatable bonds is 8. The van der Waals surface area contributed by atoms with Gasteiger partial charge >= 0.3 is 0 Å². The number of hydrogen-bond donors (Lipinski definition) is 4. The summed E-state index contributed by atoms with van der Waals surface area (Å²) < 4.78 is 0. The number of likely N-dealkylation sites (tertiary alicyclic amines) is 1. The predicted molar refractivity (Wildman–Crippen MR) is 128 cm³/mol. The van der Waals surface area contributed by atoms with Gasteiger partial charge in [-0.25, -0.2) is 0 Å². The first-order chi connectivity index (χ1) is 16.0. The number of aliphatic hydroxyl groups excluding tert-OH is 1. The normalized spacial score (nSPS) is 15.9. The Hall–Kier alpha value is -3.16. The summed E-state index contributed by atoms with van der Waals surface area (Å²) in [6.07, 6.45) is 3.81. The highest BCUT2D eigenvalue weighted by atomic mass is 16.3. The van der Waals surface area contributed by atoms with Gasteiger partial charge in [-0.1, -0.05) is 42.5 Å². The zero-order valence-electron chi connectivity index (χ0n) is 19.0. The van der Waals surface area contributed by atoms with E-state index in [1.165, 1.54) is 12.5 Å². The summed E-state index contributed by atoms with van der Waals surface area (Å²) in [5, 5.41) is 16.5. The number of amides is 2. The Morgan fingerprint density at radius 2 is 1.79 bits per heavy atom. The summed E-state index contributed by atoms with van der Waals surface area (Å²) >= 11 is 0. The number of benzene rings is 2. The van der Waals surface area contributed by atoms with Crippen molar-refractivity contribution in [3.63, 3.8) is 0 Å². The summed E-state index contributed by atoms with van der Waals surface area (Å²) in [6.45, 7) is 4.53.